The Balaban J connectivity index is 2.21. The Labute approximate surface area is 146 Å². The summed E-state index contributed by atoms with van der Waals surface area (Å²) in [6.07, 6.45) is -0.863. The number of hydrogen-bond donors (Lipinski definition) is 0. The summed E-state index contributed by atoms with van der Waals surface area (Å²) in [5.41, 5.74) is -1.19. The van der Waals surface area contributed by atoms with Gasteiger partial charge in [0.2, 0.25) is 6.10 Å². The normalized spacial score (nSPS) is 25.5. The maximum atomic E-state index is 12.6. The number of imide groups is 1. The summed E-state index contributed by atoms with van der Waals surface area (Å²) in [5, 5.41) is 0. The molecule has 25 heavy (non-hydrogen) atoms. The molecular formula is C17H23NO7. The number of rotatable bonds is 2. The Kier molecular flexibility index (Phi) is 4.67. The zero-order valence-corrected chi connectivity index (χ0v) is 15.2. The zero-order valence-electron chi connectivity index (χ0n) is 15.2. The Morgan fingerprint density at radius 3 is 2.36 bits per heavy atom. The van der Waals surface area contributed by atoms with Gasteiger partial charge < -0.3 is 14.2 Å². The van der Waals surface area contributed by atoms with E-state index in [9.17, 15) is 19.2 Å². The van der Waals surface area contributed by atoms with Gasteiger partial charge in [-0.3, -0.25) is 4.79 Å². The van der Waals surface area contributed by atoms with Crippen LogP contribution in [0.2, 0.25) is 0 Å². The number of carbonyl (C=O) groups excluding carboxylic acids is 4. The molecule has 0 spiro atoms. The minimum Gasteiger partial charge on any atom is -0.462 e. The highest BCUT2D eigenvalue weighted by atomic mass is 16.6. The summed E-state index contributed by atoms with van der Waals surface area (Å²) in [6, 6.07) is -1.26. The van der Waals surface area contributed by atoms with Crippen molar-refractivity contribution in [3.05, 3.63) is 11.6 Å². The first kappa shape index (κ1) is 19.0. The van der Waals surface area contributed by atoms with Crippen molar-refractivity contribution in [3.63, 3.8) is 0 Å². The van der Waals surface area contributed by atoms with E-state index >= 15 is 0 Å². The van der Waals surface area contributed by atoms with Crippen molar-refractivity contribution in [2.75, 3.05) is 6.61 Å². The van der Waals surface area contributed by atoms with Gasteiger partial charge in [-0.2, -0.15) is 0 Å². The van der Waals surface area contributed by atoms with Gasteiger partial charge in [-0.25, -0.2) is 19.3 Å². The van der Waals surface area contributed by atoms with Crippen molar-refractivity contribution in [2.45, 2.75) is 59.3 Å². The molecule has 0 aromatic heterocycles. The highest BCUT2D eigenvalue weighted by Gasteiger charge is 2.50. The van der Waals surface area contributed by atoms with Gasteiger partial charge in [-0.05, 0) is 33.3 Å². The maximum absolute atomic E-state index is 12.6. The molecule has 0 radical (unpaired) electrons. The summed E-state index contributed by atoms with van der Waals surface area (Å²) < 4.78 is 15.4. The van der Waals surface area contributed by atoms with Crippen LogP contribution in [0.3, 0.4) is 0 Å². The van der Waals surface area contributed by atoms with E-state index in [1.807, 2.05) is 0 Å². The molecule has 1 fully saturated rings. The van der Waals surface area contributed by atoms with Crippen LogP contribution >= 0.6 is 0 Å². The molecule has 0 aromatic carbocycles. The second-order valence-corrected chi connectivity index (χ2v) is 7.89. The van der Waals surface area contributed by atoms with E-state index in [0.29, 0.717) is 10.5 Å². The van der Waals surface area contributed by atoms with E-state index in [-0.39, 0.29) is 6.61 Å². The third kappa shape index (κ3) is 3.83. The van der Waals surface area contributed by atoms with Gasteiger partial charge in [0.25, 0.3) is 5.91 Å². The molecule has 0 aromatic rings. The van der Waals surface area contributed by atoms with E-state index in [2.05, 4.69) is 0 Å². The van der Waals surface area contributed by atoms with Crippen LogP contribution in [0, 0.1) is 5.41 Å². The average molecular weight is 353 g/mol. The third-order valence-corrected chi connectivity index (χ3v) is 3.84. The van der Waals surface area contributed by atoms with Crippen molar-refractivity contribution in [2.24, 2.45) is 5.41 Å². The lowest BCUT2D eigenvalue weighted by Crippen LogP contribution is -2.49. The molecule has 0 bridgehead atoms. The molecule has 0 N–H and O–H groups in total. The van der Waals surface area contributed by atoms with Crippen molar-refractivity contribution in [1.29, 1.82) is 0 Å². The van der Waals surface area contributed by atoms with Gasteiger partial charge in [-0.15, -0.1) is 0 Å². The fourth-order valence-corrected chi connectivity index (χ4v) is 2.59. The lowest BCUT2D eigenvalue weighted by atomic mass is 9.90. The second-order valence-electron chi connectivity index (χ2n) is 7.89. The first-order valence-corrected chi connectivity index (χ1v) is 7.95. The van der Waals surface area contributed by atoms with Gasteiger partial charge in [0.1, 0.15) is 12.2 Å². The lowest BCUT2D eigenvalue weighted by Gasteiger charge is -2.29. The Bertz CT molecular complexity index is 656. The largest absolute Gasteiger partial charge is 0.462 e. The van der Waals surface area contributed by atoms with Crippen molar-refractivity contribution >= 4 is 23.9 Å². The zero-order chi connectivity index (χ0) is 19.2. The molecule has 2 aliphatic rings. The molecule has 1 saturated heterocycles. The molecule has 2 aliphatic heterocycles. The SMILES string of the molecule is CC1=CC(=O)N(C(=O)OC(C)(C)C)C1C(=O)O[C@@H]1C(=O)OCC1(C)C. The summed E-state index contributed by atoms with van der Waals surface area (Å²) in [7, 11) is 0. The average Bonchev–Trinajstić information content (AvgIpc) is 2.86. The predicted molar refractivity (Wildman–Crippen MR) is 85.2 cm³/mol. The molecular weight excluding hydrogens is 330 g/mol. The first-order chi connectivity index (χ1) is 11.3. The van der Waals surface area contributed by atoms with Crippen LogP contribution in [-0.4, -0.2) is 53.2 Å². The highest BCUT2D eigenvalue weighted by molar-refractivity contribution is 6.07. The number of cyclic esters (lactones) is 1. The van der Waals surface area contributed by atoms with E-state index in [1.165, 1.54) is 13.0 Å². The third-order valence-electron chi connectivity index (χ3n) is 3.84. The first-order valence-electron chi connectivity index (χ1n) is 7.95. The topological polar surface area (TPSA) is 99.2 Å². The smallest absolute Gasteiger partial charge is 0.418 e. The van der Waals surface area contributed by atoms with Crippen LogP contribution in [0.5, 0.6) is 0 Å². The van der Waals surface area contributed by atoms with Crippen molar-refractivity contribution in [3.8, 4) is 0 Å². The summed E-state index contributed by atoms with van der Waals surface area (Å²) in [4.78, 5) is 49.5. The van der Waals surface area contributed by atoms with Crippen LogP contribution in [0.25, 0.3) is 0 Å². The van der Waals surface area contributed by atoms with Crippen LogP contribution in [0.4, 0.5) is 4.79 Å². The monoisotopic (exact) mass is 353 g/mol. The van der Waals surface area contributed by atoms with Gasteiger partial charge in [0.05, 0.1) is 0 Å². The molecule has 2 atom stereocenters. The minimum atomic E-state index is -1.26. The summed E-state index contributed by atoms with van der Waals surface area (Å²) in [5.74, 6) is -2.18. The molecule has 138 valence electrons. The fraction of sp³-hybridized carbons (Fsp3) is 0.647. The molecule has 0 saturated carbocycles. The van der Waals surface area contributed by atoms with E-state index < -0.39 is 47.1 Å². The van der Waals surface area contributed by atoms with Crippen molar-refractivity contribution < 1.29 is 33.4 Å². The Morgan fingerprint density at radius 1 is 1.28 bits per heavy atom. The Morgan fingerprint density at radius 2 is 1.88 bits per heavy atom. The quantitative estimate of drug-likeness (QED) is 0.549. The Hall–Kier alpha value is -2.38. The number of nitrogens with zero attached hydrogens (tertiary/aromatic N) is 1. The highest BCUT2D eigenvalue weighted by Crippen LogP contribution is 2.32. The standard InChI is InChI=1S/C17H23NO7/c1-9-7-10(19)18(15(22)25-16(2,3)4)11(9)13(20)24-12-14(21)23-8-17(12,5)6/h7,11-12H,8H2,1-6H3/t11?,12-/m1/s1. The van der Waals surface area contributed by atoms with Crippen LogP contribution < -0.4 is 0 Å². The summed E-state index contributed by atoms with van der Waals surface area (Å²) in [6.45, 7) is 10.1. The maximum Gasteiger partial charge on any atom is 0.418 e. The molecule has 2 heterocycles. The van der Waals surface area contributed by atoms with E-state index in [1.54, 1.807) is 34.6 Å². The molecule has 0 aliphatic carbocycles. The van der Waals surface area contributed by atoms with Crippen LogP contribution in [-0.2, 0) is 28.6 Å². The number of carbonyl (C=O) groups is 4. The minimum absolute atomic E-state index is 0.123. The van der Waals surface area contributed by atoms with Gasteiger partial charge in [0, 0.05) is 11.5 Å². The molecule has 1 unspecified atom stereocenters. The number of esters is 2. The fourth-order valence-electron chi connectivity index (χ4n) is 2.59. The van der Waals surface area contributed by atoms with Crippen LogP contribution in [0.15, 0.2) is 11.6 Å². The van der Waals surface area contributed by atoms with Gasteiger partial charge >= 0.3 is 18.0 Å². The molecule has 8 heteroatoms. The van der Waals surface area contributed by atoms with Crippen molar-refractivity contribution in [1.82, 2.24) is 4.90 Å². The number of hydrogen-bond acceptors (Lipinski definition) is 7. The number of amides is 2. The van der Waals surface area contributed by atoms with Crippen LogP contribution in [0.1, 0.15) is 41.5 Å². The predicted octanol–water partition coefficient (Wildman–Crippen LogP) is 1.57. The number of ether oxygens (including phenoxy) is 3. The molecule has 8 nitrogen and oxygen atoms in total. The lowest BCUT2D eigenvalue weighted by molar-refractivity contribution is -0.166. The molecule has 2 amide bonds. The van der Waals surface area contributed by atoms with E-state index in [4.69, 9.17) is 14.2 Å². The van der Waals surface area contributed by atoms with Gasteiger partial charge in [-0.1, -0.05) is 13.8 Å². The van der Waals surface area contributed by atoms with Gasteiger partial charge in [0.15, 0.2) is 6.04 Å². The van der Waals surface area contributed by atoms with E-state index in [0.717, 1.165) is 0 Å². The molecule has 2 rings (SSSR count). The summed E-state index contributed by atoms with van der Waals surface area (Å²) >= 11 is 0. The second kappa shape index (κ2) is 6.16.